The lowest BCUT2D eigenvalue weighted by molar-refractivity contribution is 0.239. The van der Waals surface area contributed by atoms with Crippen molar-refractivity contribution in [2.75, 3.05) is 20.8 Å². The number of benzene rings is 2. The van der Waals surface area contributed by atoms with Crippen molar-refractivity contribution in [3.63, 3.8) is 0 Å². The van der Waals surface area contributed by atoms with Crippen molar-refractivity contribution >= 4 is 0 Å². The molecule has 0 spiro atoms. The normalized spacial score (nSPS) is 17.3. The SMILES string of the molecule is COc1ccc(C2CCCN2Cc2ccc(C#N)cc2F)c(OC)c1. The standard InChI is InChI=1S/C20H21FN2O2/c1-24-16-7-8-17(20(11-16)25-2)19-4-3-9-23(19)13-15-6-5-14(12-22)10-18(15)21/h5-8,10-11,19H,3-4,9,13H2,1-2H3. The highest BCUT2D eigenvalue weighted by Crippen LogP contribution is 2.39. The van der Waals surface area contributed by atoms with Crippen molar-refractivity contribution in [1.82, 2.24) is 4.90 Å². The molecule has 1 unspecified atom stereocenters. The summed E-state index contributed by atoms with van der Waals surface area (Å²) in [6.45, 7) is 1.41. The lowest BCUT2D eigenvalue weighted by atomic mass is 10.0. The molecule has 0 saturated carbocycles. The summed E-state index contributed by atoms with van der Waals surface area (Å²) in [5.74, 6) is 1.21. The number of nitrogens with zero attached hydrogens (tertiary/aromatic N) is 2. The second kappa shape index (κ2) is 7.54. The van der Waals surface area contributed by atoms with Gasteiger partial charge in [0.1, 0.15) is 17.3 Å². The smallest absolute Gasteiger partial charge is 0.129 e. The first-order valence-electron chi connectivity index (χ1n) is 8.30. The summed E-state index contributed by atoms with van der Waals surface area (Å²) >= 11 is 0. The minimum atomic E-state index is -0.327. The number of methoxy groups -OCH3 is 2. The number of likely N-dealkylation sites (tertiary alicyclic amines) is 1. The van der Waals surface area contributed by atoms with Gasteiger partial charge in [-0.05, 0) is 37.6 Å². The molecule has 2 aromatic carbocycles. The third-order valence-electron chi connectivity index (χ3n) is 4.72. The molecule has 130 valence electrons. The van der Waals surface area contributed by atoms with Gasteiger partial charge in [0, 0.05) is 29.8 Å². The first-order chi connectivity index (χ1) is 12.2. The first-order valence-corrected chi connectivity index (χ1v) is 8.30. The molecular formula is C20H21FN2O2. The summed E-state index contributed by atoms with van der Waals surface area (Å²) in [6, 6.07) is 12.6. The van der Waals surface area contributed by atoms with Crippen LogP contribution in [0.3, 0.4) is 0 Å². The fourth-order valence-corrected chi connectivity index (χ4v) is 3.43. The molecule has 1 atom stereocenters. The molecule has 1 saturated heterocycles. The molecule has 1 aliphatic rings. The predicted molar refractivity (Wildman–Crippen MR) is 93.0 cm³/mol. The van der Waals surface area contributed by atoms with Gasteiger partial charge in [0.05, 0.1) is 25.9 Å². The van der Waals surface area contributed by atoms with E-state index in [2.05, 4.69) is 4.90 Å². The zero-order chi connectivity index (χ0) is 17.8. The van der Waals surface area contributed by atoms with E-state index >= 15 is 0 Å². The van der Waals surface area contributed by atoms with E-state index in [1.165, 1.54) is 6.07 Å². The molecule has 2 aromatic rings. The van der Waals surface area contributed by atoms with Gasteiger partial charge in [-0.3, -0.25) is 4.90 Å². The van der Waals surface area contributed by atoms with Crippen molar-refractivity contribution in [3.05, 3.63) is 58.9 Å². The van der Waals surface area contributed by atoms with E-state index in [1.807, 2.05) is 24.3 Å². The Kier molecular flexibility index (Phi) is 5.20. The minimum Gasteiger partial charge on any atom is -0.497 e. The highest BCUT2D eigenvalue weighted by atomic mass is 19.1. The van der Waals surface area contributed by atoms with Gasteiger partial charge in [-0.15, -0.1) is 0 Å². The molecule has 5 heteroatoms. The number of hydrogen-bond acceptors (Lipinski definition) is 4. The minimum absolute atomic E-state index is 0.177. The summed E-state index contributed by atoms with van der Waals surface area (Å²) in [4.78, 5) is 2.26. The fourth-order valence-electron chi connectivity index (χ4n) is 3.43. The van der Waals surface area contributed by atoms with Crippen LogP contribution in [0.1, 0.15) is 35.6 Å². The molecule has 3 rings (SSSR count). The van der Waals surface area contributed by atoms with Crippen LogP contribution in [0.5, 0.6) is 11.5 Å². The van der Waals surface area contributed by atoms with Gasteiger partial charge >= 0.3 is 0 Å². The predicted octanol–water partition coefficient (Wildman–Crippen LogP) is 4.05. The van der Waals surface area contributed by atoms with E-state index in [0.717, 1.165) is 36.4 Å². The Morgan fingerprint density at radius 2 is 2.04 bits per heavy atom. The zero-order valence-electron chi connectivity index (χ0n) is 14.5. The highest BCUT2D eigenvalue weighted by Gasteiger charge is 2.29. The monoisotopic (exact) mass is 340 g/mol. The Bertz CT molecular complexity index is 801. The van der Waals surface area contributed by atoms with E-state index in [0.29, 0.717) is 17.7 Å². The van der Waals surface area contributed by atoms with E-state index in [1.54, 1.807) is 26.4 Å². The number of nitriles is 1. The van der Waals surface area contributed by atoms with Crippen LogP contribution in [-0.4, -0.2) is 25.7 Å². The van der Waals surface area contributed by atoms with E-state index in [4.69, 9.17) is 14.7 Å². The Morgan fingerprint density at radius 3 is 2.72 bits per heavy atom. The molecule has 1 aliphatic heterocycles. The maximum absolute atomic E-state index is 14.2. The molecule has 0 aliphatic carbocycles. The van der Waals surface area contributed by atoms with Crippen LogP contribution in [-0.2, 0) is 6.54 Å². The summed E-state index contributed by atoms with van der Waals surface area (Å²) in [7, 11) is 3.28. The fraction of sp³-hybridized carbons (Fsp3) is 0.350. The second-order valence-electron chi connectivity index (χ2n) is 6.15. The molecule has 0 amide bonds. The van der Waals surface area contributed by atoms with Crippen molar-refractivity contribution in [2.45, 2.75) is 25.4 Å². The van der Waals surface area contributed by atoms with Crippen molar-refractivity contribution in [1.29, 1.82) is 5.26 Å². The Hall–Kier alpha value is -2.58. The Morgan fingerprint density at radius 1 is 1.20 bits per heavy atom. The molecule has 1 heterocycles. The summed E-state index contributed by atoms with van der Waals surface area (Å²) in [5, 5.41) is 8.88. The van der Waals surface area contributed by atoms with Crippen LogP contribution in [0.15, 0.2) is 36.4 Å². The first kappa shape index (κ1) is 17.2. The number of ether oxygens (including phenoxy) is 2. The van der Waals surface area contributed by atoms with Crippen molar-refractivity contribution in [3.8, 4) is 17.6 Å². The van der Waals surface area contributed by atoms with E-state index in [9.17, 15) is 4.39 Å². The van der Waals surface area contributed by atoms with Gasteiger partial charge < -0.3 is 9.47 Å². The van der Waals surface area contributed by atoms with Gasteiger partial charge in [-0.1, -0.05) is 12.1 Å². The Labute approximate surface area is 147 Å². The van der Waals surface area contributed by atoms with Gasteiger partial charge in [0.15, 0.2) is 0 Å². The average molecular weight is 340 g/mol. The lowest BCUT2D eigenvalue weighted by Crippen LogP contribution is -2.23. The molecule has 0 N–H and O–H groups in total. The maximum Gasteiger partial charge on any atom is 0.129 e. The lowest BCUT2D eigenvalue weighted by Gasteiger charge is -2.26. The van der Waals surface area contributed by atoms with Gasteiger partial charge in [-0.2, -0.15) is 5.26 Å². The van der Waals surface area contributed by atoms with Crippen LogP contribution >= 0.6 is 0 Å². The number of halogens is 1. The largest absolute Gasteiger partial charge is 0.497 e. The molecule has 0 bridgehead atoms. The Balaban J connectivity index is 1.85. The number of rotatable bonds is 5. The molecule has 25 heavy (non-hydrogen) atoms. The average Bonchev–Trinajstić information content (AvgIpc) is 3.10. The number of hydrogen-bond donors (Lipinski definition) is 0. The third-order valence-corrected chi connectivity index (χ3v) is 4.72. The van der Waals surface area contributed by atoms with Gasteiger partial charge in [0.2, 0.25) is 0 Å². The summed E-state index contributed by atoms with van der Waals surface area (Å²) in [5.41, 5.74) is 2.05. The summed E-state index contributed by atoms with van der Waals surface area (Å²) in [6.07, 6.45) is 2.05. The van der Waals surface area contributed by atoms with Crippen molar-refractivity contribution in [2.24, 2.45) is 0 Å². The van der Waals surface area contributed by atoms with E-state index in [-0.39, 0.29) is 11.9 Å². The molecule has 0 radical (unpaired) electrons. The van der Waals surface area contributed by atoms with Crippen LogP contribution < -0.4 is 9.47 Å². The zero-order valence-corrected chi connectivity index (χ0v) is 14.5. The van der Waals surface area contributed by atoms with Crippen LogP contribution in [0.25, 0.3) is 0 Å². The van der Waals surface area contributed by atoms with E-state index < -0.39 is 0 Å². The highest BCUT2D eigenvalue weighted by molar-refractivity contribution is 5.43. The quantitative estimate of drug-likeness (QED) is 0.824. The second-order valence-corrected chi connectivity index (χ2v) is 6.15. The van der Waals surface area contributed by atoms with Gasteiger partial charge in [-0.25, -0.2) is 4.39 Å². The topological polar surface area (TPSA) is 45.5 Å². The van der Waals surface area contributed by atoms with Crippen molar-refractivity contribution < 1.29 is 13.9 Å². The summed E-state index contributed by atoms with van der Waals surface area (Å²) < 4.78 is 25.0. The van der Waals surface area contributed by atoms with Crippen LogP contribution in [0, 0.1) is 17.1 Å². The molecular weight excluding hydrogens is 319 g/mol. The molecule has 4 nitrogen and oxygen atoms in total. The molecule has 0 aromatic heterocycles. The van der Waals surface area contributed by atoms with Crippen LogP contribution in [0.4, 0.5) is 4.39 Å². The maximum atomic E-state index is 14.2. The van der Waals surface area contributed by atoms with Crippen LogP contribution in [0.2, 0.25) is 0 Å². The van der Waals surface area contributed by atoms with Gasteiger partial charge in [0.25, 0.3) is 0 Å². The third kappa shape index (κ3) is 3.59. The molecule has 1 fully saturated rings.